The van der Waals surface area contributed by atoms with Crippen molar-refractivity contribution in [3.8, 4) is 5.75 Å². The van der Waals surface area contributed by atoms with Crippen molar-refractivity contribution in [2.24, 2.45) is 0 Å². The number of carbonyl (C=O) groups is 2. The number of methoxy groups -OCH3 is 1. The smallest absolute Gasteiger partial charge is 0.325 e. The second-order valence-electron chi connectivity index (χ2n) is 6.46. The lowest BCUT2D eigenvalue weighted by atomic mass is 10.0. The Labute approximate surface area is 154 Å². The van der Waals surface area contributed by atoms with Crippen molar-refractivity contribution in [2.75, 3.05) is 7.11 Å². The second kappa shape index (κ2) is 6.75. The Morgan fingerprint density at radius 1 is 1.19 bits per heavy atom. The molecule has 0 spiro atoms. The average molecular weight is 367 g/mol. The summed E-state index contributed by atoms with van der Waals surface area (Å²) >= 11 is 0. The first-order valence-corrected chi connectivity index (χ1v) is 8.56. The topological polar surface area (TPSA) is 74.4 Å². The summed E-state index contributed by atoms with van der Waals surface area (Å²) in [5, 5.41) is 3.74. The second-order valence-corrected chi connectivity index (χ2v) is 6.46. The number of benzene rings is 2. The molecule has 27 heavy (non-hydrogen) atoms. The van der Waals surface area contributed by atoms with Crippen molar-refractivity contribution in [3.63, 3.8) is 0 Å². The largest absolute Gasteiger partial charge is 0.494 e. The van der Waals surface area contributed by atoms with E-state index in [1.165, 1.54) is 19.2 Å². The maximum atomic E-state index is 13.9. The fraction of sp³-hybridized carbons (Fsp3) is 0.200. The van der Waals surface area contributed by atoms with E-state index in [0.717, 1.165) is 21.4 Å². The molecular weight excluding hydrogens is 349 g/mol. The van der Waals surface area contributed by atoms with E-state index in [1.807, 2.05) is 30.5 Å². The van der Waals surface area contributed by atoms with Gasteiger partial charge >= 0.3 is 6.03 Å². The minimum Gasteiger partial charge on any atom is -0.494 e. The summed E-state index contributed by atoms with van der Waals surface area (Å²) < 4.78 is 18.7. The Morgan fingerprint density at radius 2 is 2.00 bits per heavy atom. The lowest BCUT2D eigenvalue weighted by Crippen LogP contribution is -2.32. The summed E-state index contributed by atoms with van der Waals surface area (Å²) in [6, 6.07) is 11.1. The number of nitrogens with zero attached hydrogens (tertiary/aromatic N) is 1. The summed E-state index contributed by atoms with van der Waals surface area (Å²) in [6.45, 7) is 0.00989. The molecule has 1 atom stereocenters. The monoisotopic (exact) mass is 367 g/mol. The molecule has 2 heterocycles. The van der Waals surface area contributed by atoms with Crippen LogP contribution in [-0.4, -0.2) is 35.0 Å². The predicted molar refractivity (Wildman–Crippen MR) is 97.8 cm³/mol. The number of aromatic amines is 1. The van der Waals surface area contributed by atoms with E-state index in [2.05, 4.69) is 10.3 Å². The van der Waals surface area contributed by atoms with Crippen LogP contribution in [-0.2, 0) is 17.8 Å². The maximum Gasteiger partial charge on any atom is 0.325 e. The Morgan fingerprint density at radius 3 is 2.78 bits per heavy atom. The van der Waals surface area contributed by atoms with Gasteiger partial charge in [-0.2, -0.15) is 0 Å². The van der Waals surface area contributed by atoms with E-state index >= 15 is 0 Å². The molecule has 0 unspecified atom stereocenters. The zero-order valence-electron chi connectivity index (χ0n) is 14.7. The number of carbonyl (C=O) groups excluding carboxylic acids is 2. The molecule has 1 saturated heterocycles. The summed E-state index contributed by atoms with van der Waals surface area (Å²) in [5.74, 6) is -0.730. The maximum absolute atomic E-state index is 13.9. The van der Waals surface area contributed by atoms with E-state index in [4.69, 9.17) is 4.74 Å². The molecule has 1 fully saturated rings. The van der Waals surface area contributed by atoms with Gasteiger partial charge < -0.3 is 15.0 Å². The van der Waals surface area contributed by atoms with Crippen molar-refractivity contribution in [1.29, 1.82) is 0 Å². The molecule has 2 N–H and O–H groups in total. The molecule has 138 valence electrons. The number of aromatic nitrogens is 1. The van der Waals surface area contributed by atoms with Gasteiger partial charge in [0, 0.05) is 23.5 Å². The molecular formula is C20H18FN3O3. The molecule has 7 heteroatoms. The molecule has 2 aromatic carbocycles. The van der Waals surface area contributed by atoms with E-state index in [1.54, 1.807) is 6.07 Å². The minimum atomic E-state index is -0.639. The fourth-order valence-electron chi connectivity index (χ4n) is 3.38. The zero-order valence-corrected chi connectivity index (χ0v) is 14.7. The summed E-state index contributed by atoms with van der Waals surface area (Å²) in [4.78, 5) is 29.2. The van der Waals surface area contributed by atoms with Crippen molar-refractivity contribution in [3.05, 3.63) is 65.6 Å². The summed E-state index contributed by atoms with van der Waals surface area (Å²) in [6.07, 6.45) is 2.24. The van der Waals surface area contributed by atoms with E-state index in [0.29, 0.717) is 12.0 Å². The Kier molecular flexibility index (Phi) is 4.27. The summed E-state index contributed by atoms with van der Waals surface area (Å²) in [7, 11) is 1.38. The molecule has 1 aliphatic heterocycles. The van der Waals surface area contributed by atoms with Crippen LogP contribution in [0, 0.1) is 5.82 Å². The number of imide groups is 1. The number of ether oxygens (including phenoxy) is 1. The first-order chi connectivity index (χ1) is 13.1. The van der Waals surface area contributed by atoms with E-state index in [-0.39, 0.29) is 18.2 Å². The van der Waals surface area contributed by atoms with Gasteiger partial charge in [0.15, 0.2) is 11.6 Å². The number of hydrogen-bond acceptors (Lipinski definition) is 3. The summed E-state index contributed by atoms with van der Waals surface area (Å²) in [5.41, 5.74) is 2.46. The number of H-pyrrole nitrogens is 1. The number of halogens is 1. The minimum absolute atomic E-state index is 0.00989. The lowest BCUT2D eigenvalue weighted by Gasteiger charge is -2.14. The number of rotatable bonds is 5. The molecule has 0 saturated carbocycles. The Bertz CT molecular complexity index is 1030. The molecule has 6 nitrogen and oxygen atoms in total. The molecule has 0 radical (unpaired) electrons. The van der Waals surface area contributed by atoms with Gasteiger partial charge in [-0.1, -0.05) is 24.3 Å². The van der Waals surface area contributed by atoms with Crippen LogP contribution in [0.3, 0.4) is 0 Å². The highest BCUT2D eigenvalue weighted by molar-refractivity contribution is 6.04. The first kappa shape index (κ1) is 17.1. The fourth-order valence-corrected chi connectivity index (χ4v) is 3.38. The Balaban J connectivity index is 1.51. The highest BCUT2D eigenvalue weighted by Crippen LogP contribution is 2.23. The first-order valence-electron chi connectivity index (χ1n) is 8.56. The van der Waals surface area contributed by atoms with Crippen LogP contribution in [0.2, 0.25) is 0 Å². The van der Waals surface area contributed by atoms with Crippen LogP contribution < -0.4 is 10.1 Å². The number of para-hydroxylation sites is 1. The highest BCUT2D eigenvalue weighted by atomic mass is 19.1. The van der Waals surface area contributed by atoms with E-state index in [9.17, 15) is 14.0 Å². The quantitative estimate of drug-likeness (QED) is 0.681. The number of hydrogen-bond donors (Lipinski definition) is 2. The van der Waals surface area contributed by atoms with Crippen LogP contribution >= 0.6 is 0 Å². The number of fused-ring (bicyclic) bond motifs is 1. The zero-order chi connectivity index (χ0) is 19.0. The third kappa shape index (κ3) is 3.12. The van der Waals surface area contributed by atoms with Crippen LogP contribution in [0.5, 0.6) is 5.75 Å². The van der Waals surface area contributed by atoms with Crippen LogP contribution in [0.4, 0.5) is 9.18 Å². The predicted octanol–water partition coefficient (Wildman–Crippen LogP) is 2.98. The molecule has 1 aliphatic rings. The SMILES string of the molecule is COc1ccc(CN2C(=O)N[C@@H](Cc3c[nH]c4ccccc34)C2=O)cc1F. The van der Waals surface area contributed by atoms with Gasteiger partial charge in [0.1, 0.15) is 6.04 Å². The standard InChI is InChI=1S/C20H18FN3O3/c1-27-18-7-6-12(8-15(18)21)11-24-19(25)17(23-20(24)26)9-13-10-22-16-5-3-2-4-14(13)16/h2-8,10,17,22H,9,11H2,1H3,(H,23,26)/t17-/m0/s1. The normalized spacial score (nSPS) is 16.8. The molecule has 0 bridgehead atoms. The molecule has 1 aromatic heterocycles. The van der Waals surface area contributed by atoms with Gasteiger partial charge in [0.05, 0.1) is 13.7 Å². The Hall–Kier alpha value is -3.35. The number of nitrogens with one attached hydrogen (secondary N) is 2. The molecule has 3 amide bonds. The third-order valence-electron chi connectivity index (χ3n) is 4.76. The molecule has 4 rings (SSSR count). The highest BCUT2D eigenvalue weighted by Gasteiger charge is 2.38. The van der Waals surface area contributed by atoms with Crippen molar-refractivity contribution in [2.45, 2.75) is 19.0 Å². The van der Waals surface area contributed by atoms with Crippen molar-refractivity contribution in [1.82, 2.24) is 15.2 Å². The van der Waals surface area contributed by atoms with Crippen LogP contribution in [0.1, 0.15) is 11.1 Å². The molecule has 0 aliphatic carbocycles. The van der Waals surface area contributed by atoms with Gasteiger partial charge in [-0.25, -0.2) is 9.18 Å². The van der Waals surface area contributed by atoms with Gasteiger partial charge in [0.25, 0.3) is 5.91 Å². The van der Waals surface area contributed by atoms with Gasteiger partial charge in [-0.15, -0.1) is 0 Å². The van der Waals surface area contributed by atoms with Crippen molar-refractivity contribution >= 4 is 22.8 Å². The molecule has 3 aromatic rings. The van der Waals surface area contributed by atoms with Gasteiger partial charge in [0.2, 0.25) is 0 Å². The van der Waals surface area contributed by atoms with Gasteiger partial charge in [-0.3, -0.25) is 9.69 Å². The van der Waals surface area contributed by atoms with Crippen molar-refractivity contribution < 1.29 is 18.7 Å². The van der Waals surface area contributed by atoms with Crippen LogP contribution in [0.25, 0.3) is 10.9 Å². The third-order valence-corrected chi connectivity index (χ3v) is 4.76. The van der Waals surface area contributed by atoms with Gasteiger partial charge in [-0.05, 0) is 29.3 Å². The number of amides is 3. The average Bonchev–Trinajstić information content (AvgIpc) is 3.19. The van der Waals surface area contributed by atoms with E-state index < -0.39 is 17.9 Å². The lowest BCUT2D eigenvalue weighted by molar-refractivity contribution is -0.127. The number of urea groups is 1. The van der Waals surface area contributed by atoms with Crippen LogP contribution in [0.15, 0.2) is 48.7 Å².